The van der Waals surface area contributed by atoms with Gasteiger partial charge < -0.3 is 19.5 Å². The highest BCUT2D eigenvalue weighted by Gasteiger charge is 1.94. The average molecular weight is 279 g/mol. The predicted molar refractivity (Wildman–Crippen MR) is 76.8 cm³/mol. The first-order valence-corrected chi connectivity index (χ1v) is 6.52. The van der Waals surface area contributed by atoms with Crippen LogP contribution in [0, 0.1) is 0 Å². The minimum Gasteiger partial charge on any atom is -0.490 e. The van der Waals surface area contributed by atoms with Crippen molar-refractivity contribution in [2.45, 2.75) is 0 Å². The Balaban J connectivity index is 2.02. The number of para-hydroxylation sites is 1. The Morgan fingerprint density at radius 1 is 1.20 bits per heavy atom. The molecule has 0 spiro atoms. The van der Waals surface area contributed by atoms with E-state index in [-0.39, 0.29) is 5.91 Å². The normalized spacial score (nSPS) is 10.7. The summed E-state index contributed by atoms with van der Waals surface area (Å²) in [6, 6.07) is 9.45. The van der Waals surface area contributed by atoms with E-state index in [2.05, 4.69) is 5.32 Å². The number of carbonyl (C=O) groups is 1. The van der Waals surface area contributed by atoms with Crippen molar-refractivity contribution < 1.29 is 19.0 Å². The number of benzene rings is 1. The summed E-state index contributed by atoms with van der Waals surface area (Å²) in [4.78, 5) is 11.4. The summed E-state index contributed by atoms with van der Waals surface area (Å²) in [5.74, 6) is 0.626. The minimum absolute atomic E-state index is 0.156. The first kappa shape index (κ1) is 16.2. The maximum Gasteiger partial charge on any atom is 0.243 e. The van der Waals surface area contributed by atoms with Crippen LogP contribution >= 0.6 is 0 Å². The topological polar surface area (TPSA) is 56.8 Å². The molecule has 1 amide bonds. The Morgan fingerprint density at radius 2 is 2.00 bits per heavy atom. The van der Waals surface area contributed by atoms with E-state index < -0.39 is 0 Å². The van der Waals surface area contributed by atoms with Crippen LogP contribution in [0.1, 0.15) is 0 Å². The number of carbonyl (C=O) groups excluding carboxylic acids is 1. The lowest BCUT2D eigenvalue weighted by Crippen LogP contribution is -2.26. The molecular weight excluding hydrogens is 258 g/mol. The van der Waals surface area contributed by atoms with Gasteiger partial charge in [0.05, 0.1) is 19.8 Å². The molecule has 0 saturated carbocycles. The predicted octanol–water partition coefficient (Wildman–Crippen LogP) is 1.40. The fraction of sp³-hybridized carbons (Fsp3) is 0.400. The average Bonchev–Trinajstić information content (AvgIpc) is 2.48. The number of hydrogen-bond donors (Lipinski definition) is 1. The summed E-state index contributed by atoms with van der Waals surface area (Å²) >= 11 is 0. The van der Waals surface area contributed by atoms with Crippen LogP contribution in [-0.4, -0.2) is 46.0 Å². The number of methoxy groups -OCH3 is 1. The molecule has 0 aliphatic heterocycles. The van der Waals surface area contributed by atoms with Crippen molar-refractivity contribution in [2.24, 2.45) is 0 Å². The van der Waals surface area contributed by atoms with Gasteiger partial charge in [-0.1, -0.05) is 18.2 Å². The molecule has 0 aliphatic carbocycles. The molecular formula is C15H21NO4. The third-order valence-electron chi connectivity index (χ3n) is 2.34. The van der Waals surface area contributed by atoms with Crippen LogP contribution in [0.5, 0.6) is 5.75 Å². The summed E-state index contributed by atoms with van der Waals surface area (Å²) in [6.07, 6.45) is 3.13. The van der Waals surface area contributed by atoms with Gasteiger partial charge in [-0.25, -0.2) is 0 Å². The number of amides is 1. The molecule has 0 saturated heterocycles. The second kappa shape index (κ2) is 11.0. The van der Waals surface area contributed by atoms with Gasteiger partial charge in [-0.2, -0.15) is 0 Å². The Kier molecular flexibility index (Phi) is 8.93. The molecule has 5 heteroatoms. The van der Waals surface area contributed by atoms with Crippen molar-refractivity contribution in [2.75, 3.05) is 40.1 Å². The maximum absolute atomic E-state index is 11.4. The molecule has 0 aromatic heterocycles. The van der Waals surface area contributed by atoms with Crippen LogP contribution in [0.25, 0.3) is 0 Å². The standard InChI is InChI=1S/C15H21NO4/c1-18-12-13-19-11-9-16-15(17)8-5-10-20-14-6-3-2-4-7-14/h2-8H,9-13H2,1H3,(H,16,17)/b8-5+. The van der Waals surface area contributed by atoms with E-state index in [0.717, 1.165) is 5.75 Å². The molecule has 1 rings (SSSR count). The van der Waals surface area contributed by atoms with Gasteiger partial charge in [0.1, 0.15) is 12.4 Å². The smallest absolute Gasteiger partial charge is 0.243 e. The third-order valence-corrected chi connectivity index (χ3v) is 2.34. The number of nitrogens with one attached hydrogen (secondary N) is 1. The van der Waals surface area contributed by atoms with E-state index in [1.165, 1.54) is 6.08 Å². The van der Waals surface area contributed by atoms with Crippen LogP contribution in [0.4, 0.5) is 0 Å². The molecule has 0 fully saturated rings. The molecule has 0 bridgehead atoms. The van der Waals surface area contributed by atoms with Crippen molar-refractivity contribution in [1.29, 1.82) is 0 Å². The molecule has 0 aliphatic rings. The Hall–Kier alpha value is -1.85. The van der Waals surface area contributed by atoms with E-state index in [9.17, 15) is 4.79 Å². The molecule has 0 heterocycles. The van der Waals surface area contributed by atoms with Crippen LogP contribution < -0.4 is 10.1 Å². The molecule has 0 unspecified atom stereocenters. The van der Waals surface area contributed by atoms with E-state index in [1.807, 2.05) is 30.3 Å². The summed E-state index contributed by atoms with van der Waals surface area (Å²) in [6.45, 7) is 2.41. The first-order chi connectivity index (χ1) is 9.83. The SMILES string of the molecule is COCCOCCNC(=O)/C=C/COc1ccccc1. The molecule has 5 nitrogen and oxygen atoms in total. The van der Waals surface area contributed by atoms with Crippen molar-refractivity contribution in [3.8, 4) is 5.75 Å². The summed E-state index contributed by atoms with van der Waals surface area (Å²) in [7, 11) is 1.62. The number of hydrogen-bond acceptors (Lipinski definition) is 4. The van der Waals surface area contributed by atoms with Gasteiger partial charge in [0.2, 0.25) is 5.91 Å². The Bertz CT molecular complexity index is 392. The van der Waals surface area contributed by atoms with Gasteiger partial charge in [-0.05, 0) is 18.2 Å². The maximum atomic E-state index is 11.4. The second-order valence-electron chi connectivity index (χ2n) is 3.92. The zero-order chi connectivity index (χ0) is 14.5. The second-order valence-corrected chi connectivity index (χ2v) is 3.92. The molecule has 20 heavy (non-hydrogen) atoms. The highest BCUT2D eigenvalue weighted by atomic mass is 16.5. The van der Waals surface area contributed by atoms with Crippen LogP contribution in [0.2, 0.25) is 0 Å². The molecule has 110 valence electrons. The minimum atomic E-state index is -0.156. The van der Waals surface area contributed by atoms with Gasteiger partial charge >= 0.3 is 0 Å². The zero-order valence-corrected chi connectivity index (χ0v) is 11.7. The lowest BCUT2D eigenvalue weighted by molar-refractivity contribution is -0.116. The van der Waals surface area contributed by atoms with Gasteiger partial charge in [0.15, 0.2) is 0 Å². The third kappa shape index (κ3) is 8.29. The lowest BCUT2D eigenvalue weighted by atomic mass is 10.3. The Labute approximate surface area is 119 Å². The fourth-order valence-electron chi connectivity index (χ4n) is 1.37. The molecule has 1 N–H and O–H groups in total. The van der Waals surface area contributed by atoms with Crippen LogP contribution in [0.15, 0.2) is 42.5 Å². The molecule has 0 atom stereocenters. The molecule has 1 aromatic rings. The van der Waals surface area contributed by atoms with E-state index in [0.29, 0.717) is 33.0 Å². The Morgan fingerprint density at radius 3 is 2.75 bits per heavy atom. The van der Waals surface area contributed by atoms with Gasteiger partial charge in [0.25, 0.3) is 0 Å². The summed E-state index contributed by atoms with van der Waals surface area (Å²) < 4.78 is 15.5. The van der Waals surface area contributed by atoms with Crippen molar-refractivity contribution >= 4 is 5.91 Å². The van der Waals surface area contributed by atoms with Crippen molar-refractivity contribution in [1.82, 2.24) is 5.32 Å². The fourth-order valence-corrected chi connectivity index (χ4v) is 1.37. The first-order valence-electron chi connectivity index (χ1n) is 6.52. The van der Waals surface area contributed by atoms with E-state index in [4.69, 9.17) is 14.2 Å². The van der Waals surface area contributed by atoms with Crippen LogP contribution in [-0.2, 0) is 14.3 Å². The van der Waals surface area contributed by atoms with Crippen molar-refractivity contribution in [3.63, 3.8) is 0 Å². The van der Waals surface area contributed by atoms with E-state index >= 15 is 0 Å². The van der Waals surface area contributed by atoms with Crippen LogP contribution in [0.3, 0.4) is 0 Å². The number of ether oxygens (including phenoxy) is 3. The number of rotatable bonds is 10. The van der Waals surface area contributed by atoms with Gasteiger partial charge in [0, 0.05) is 19.7 Å². The summed E-state index contributed by atoms with van der Waals surface area (Å²) in [5, 5.41) is 2.71. The highest BCUT2D eigenvalue weighted by molar-refractivity contribution is 5.87. The van der Waals surface area contributed by atoms with E-state index in [1.54, 1.807) is 13.2 Å². The lowest BCUT2D eigenvalue weighted by Gasteiger charge is -2.04. The highest BCUT2D eigenvalue weighted by Crippen LogP contribution is 2.07. The monoisotopic (exact) mass is 279 g/mol. The quantitative estimate of drug-likeness (QED) is 0.519. The molecule has 1 aromatic carbocycles. The van der Waals surface area contributed by atoms with Gasteiger partial charge in [-0.15, -0.1) is 0 Å². The largest absolute Gasteiger partial charge is 0.490 e. The zero-order valence-electron chi connectivity index (χ0n) is 11.7. The van der Waals surface area contributed by atoms with Crippen molar-refractivity contribution in [3.05, 3.63) is 42.5 Å². The summed E-state index contributed by atoms with van der Waals surface area (Å²) in [5.41, 5.74) is 0. The van der Waals surface area contributed by atoms with Gasteiger partial charge in [-0.3, -0.25) is 4.79 Å². The molecule has 0 radical (unpaired) electrons.